The normalized spacial score (nSPS) is 14.7. The smallest absolute Gasteiger partial charge is 0.0702 e. The van der Waals surface area contributed by atoms with E-state index in [2.05, 4.69) is 323 Å². The first kappa shape index (κ1) is 51.3. The van der Waals surface area contributed by atoms with Crippen molar-refractivity contribution in [1.29, 1.82) is 0 Å². The van der Waals surface area contributed by atoms with Crippen molar-refractivity contribution >= 4 is 22.8 Å². The Labute approximate surface area is 505 Å². The molecule has 0 fully saturated rings. The number of pyridine rings is 1. The molecule has 0 amide bonds. The van der Waals surface area contributed by atoms with E-state index in [4.69, 9.17) is 4.98 Å². The molecule has 0 atom stereocenters. The number of hydrogen-bond acceptors (Lipinski definition) is 3. The van der Waals surface area contributed by atoms with Crippen molar-refractivity contribution in [3.05, 3.63) is 296 Å². The van der Waals surface area contributed by atoms with E-state index in [1.54, 1.807) is 0 Å². The number of fused-ring (bicyclic) bond motifs is 12. The van der Waals surface area contributed by atoms with Gasteiger partial charge in [-0.05, 0) is 149 Å². The second-order valence-electron chi connectivity index (χ2n) is 25.2. The summed E-state index contributed by atoms with van der Waals surface area (Å²) in [6, 6.07) is 98.9. The van der Waals surface area contributed by atoms with Gasteiger partial charge in [-0.3, -0.25) is 4.98 Å². The summed E-state index contributed by atoms with van der Waals surface area (Å²) in [5, 5.41) is 0. The van der Waals surface area contributed by atoms with E-state index in [-0.39, 0.29) is 10.8 Å². The van der Waals surface area contributed by atoms with Gasteiger partial charge in [0.25, 0.3) is 0 Å². The van der Waals surface area contributed by atoms with Crippen molar-refractivity contribution < 1.29 is 0 Å². The Hall–Kier alpha value is -10.4. The van der Waals surface area contributed by atoms with Gasteiger partial charge in [0.15, 0.2) is 0 Å². The molecule has 5 heterocycles. The molecular weight excluding hydrogens is 1040 g/mol. The third-order valence-electron chi connectivity index (χ3n) is 18.2. The van der Waals surface area contributed by atoms with Gasteiger partial charge >= 0.3 is 0 Å². The molecule has 0 aliphatic carbocycles. The molecule has 410 valence electrons. The predicted octanol–water partition coefficient (Wildman–Crippen LogP) is 21.8. The van der Waals surface area contributed by atoms with E-state index < -0.39 is 0 Å². The van der Waals surface area contributed by atoms with Crippen LogP contribution in [0.5, 0.6) is 0 Å². The fourth-order valence-electron chi connectivity index (χ4n) is 14.2. The van der Waals surface area contributed by atoms with Crippen molar-refractivity contribution in [3.63, 3.8) is 0 Å². The van der Waals surface area contributed by atoms with Crippen LogP contribution in [0, 0.1) is 10.8 Å². The van der Waals surface area contributed by atoms with E-state index in [1.165, 1.54) is 106 Å². The molecule has 0 radical (unpaired) electrons. The molecule has 86 heavy (non-hydrogen) atoms. The molecular formula is C83H63N3. The van der Waals surface area contributed by atoms with Crippen LogP contribution in [0.4, 0.5) is 11.4 Å². The largest absolute Gasteiger partial charge is 0.340 e. The van der Waals surface area contributed by atoms with Gasteiger partial charge in [-0.25, -0.2) is 0 Å². The Morgan fingerprint density at radius 3 is 1.05 bits per heavy atom. The van der Waals surface area contributed by atoms with Gasteiger partial charge in [-0.2, -0.15) is 0 Å². The molecule has 3 nitrogen and oxygen atoms in total. The fraction of sp³-hybridized carbons (Fsp3) is 0.0964. The zero-order valence-corrected chi connectivity index (χ0v) is 48.9. The van der Waals surface area contributed by atoms with Gasteiger partial charge in [-0.1, -0.05) is 252 Å². The molecule has 0 bridgehead atoms. The Morgan fingerprint density at radius 1 is 0.256 bits per heavy atom. The summed E-state index contributed by atoms with van der Waals surface area (Å²) in [5.41, 5.74) is 33.7. The van der Waals surface area contributed by atoms with Crippen LogP contribution in [-0.2, 0) is 0 Å². The van der Waals surface area contributed by atoms with Crippen molar-refractivity contribution in [3.8, 4) is 123 Å². The van der Waals surface area contributed by atoms with Crippen LogP contribution in [0.2, 0.25) is 0 Å². The van der Waals surface area contributed by atoms with Crippen LogP contribution in [0.15, 0.2) is 285 Å². The number of benzene rings is 11. The molecule has 0 unspecified atom stereocenters. The van der Waals surface area contributed by atoms with E-state index in [0.29, 0.717) is 0 Å². The maximum atomic E-state index is 5.20. The molecule has 1 aromatic heterocycles. The summed E-state index contributed by atoms with van der Waals surface area (Å²) in [6.45, 7) is 11.3. The Morgan fingerprint density at radius 2 is 0.593 bits per heavy atom. The van der Waals surface area contributed by atoms with Gasteiger partial charge < -0.3 is 9.80 Å². The molecule has 4 aliphatic rings. The summed E-state index contributed by atoms with van der Waals surface area (Å²) < 4.78 is 0. The number of rotatable bonds is 9. The van der Waals surface area contributed by atoms with Crippen LogP contribution >= 0.6 is 0 Å². The minimum Gasteiger partial charge on any atom is -0.340 e. The van der Waals surface area contributed by atoms with E-state index in [0.717, 1.165) is 63.3 Å². The first-order valence-electron chi connectivity index (χ1n) is 30.2. The predicted molar refractivity (Wildman–Crippen MR) is 362 cm³/mol. The fourth-order valence-corrected chi connectivity index (χ4v) is 14.2. The van der Waals surface area contributed by atoms with E-state index >= 15 is 0 Å². The third-order valence-corrected chi connectivity index (χ3v) is 18.2. The number of aromatic nitrogens is 1. The lowest BCUT2D eigenvalue weighted by atomic mass is 9.84. The first-order valence-corrected chi connectivity index (χ1v) is 30.2. The Bertz CT molecular complexity index is 4560. The lowest BCUT2D eigenvalue weighted by molar-refractivity contribution is 0.516. The standard InChI is InChI=1S/C83H63N3/c1-82(2)49-80-73-31-16-14-29-71(73)75-47-58(38-41-78(75)85(80)52-82)65-23-8-11-26-68(65)62-44-63(69-27-12-9-24-66(69)59-39-42-79-76(48-59)72-30-15-17-32-74(72)81-50-83(3,4)53-86(79)81)46-64(45-62)70-28-13-10-25-67(70)61-37-40-77(84-51-61)60-22-18-21-57(43-60)56-35-33-55(34-36-56)54-19-6-5-7-20-54/h5-51H,52-53H2,1-4H3. The zero-order chi connectivity index (χ0) is 57.7. The van der Waals surface area contributed by atoms with Gasteiger partial charge in [0.05, 0.1) is 5.69 Å². The molecule has 0 saturated carbocycles. The van der Waals surface area contributed by atoms with Crippen molar-refractivity contribution in [2.45, 2.75) is 27.7 Å². The lowest BCUT2D eigenvalue weighted by Crippen LogP contribution is -2.26. The second-order valence-corrected chi connectivity index (χ2v) is 25.2. The van der Waals surface area contributed by atoms with Crippen LogP contribution in [0.25, 0.3) is 134 Å². The molecule has 0 saturated heterocycles. The monoisotopic (exact) mass is 1100 g/mol. The van der Waals surface area contributed by atoms with Crippen molar-refractivity contribution in [2.24, 2.45) is 10.8 Å². The van der Waals surface area contributed by atoms with Crippen LogP contribution in [0.1, 0.15) is 38.8 Å². The highest BCUT2D eigenvalue weighted by Crippen LogP contribution is 2.54. The highest BCUT2D eigenvalue weighted by Gasteiger charge is 2.38. The minimum atomic E-state index is 0.0671. The maximum Gasteiger partial charge on any atom is 0.0702 e. The summed E-state index contributed by atoms with van der Waals surface area (Å²) >= 11 is 0. The van der Waals surface area contributed by atoms with Gasteiger partial charge in [0, 0.05) is 86.3 Å². The molecule has 12 aromatic rings. The second kappa shape index (κ2) is 20.2. The number of nitrogens with zero attached hydrogens (tertiary/aromatic N) is 3. The average molecular weight is 1100 g/mol. The third kappa shape index (κ3) is 8.93. The average Bonchev–Trinajstić information content (AvgIpc) is 1.59. The van der Waals surface area contributed by atoms with Crippen LogP contribution in [0.3, 0.4) is 0 Å². The van der Waals surface area contributed by atoms with Gasteiger partial charge in [-0.15, -0.1) is 0 Å². The highest BCUT2D eigenvalue weighted by molar-refractivity contribution is 6.04. The molecule has 3 heteroatoms. The van der Waals surface area contributed by atoms with Crippen LogP contribution < -0.4 is 9.80 Å². The molecule has 4 aliphatic heterocycles. The van der Waals surface area contributed by atoms with Crippen LogP contribution in [-0.4, -0.2) is 18.1 Å². The van der Waals surface area contributed by atoms with Crippen molar-refractivity contribution in [1.82, 2.24) is 4.98 Å². The number of hydrogen-bond donors (Lipinski definition) is 0. The summed E-state index contributed by atoms with van der Waals surface area (Å²) in [4.78, 5) is 10.3. The highest BCUT2D eigenvalue weighted by atomic mass is 15.2. The first-order chi connectivity index (χ1) is 42.1. The zero-order valence-electron chi connectivity index (χ0n) is 48.9. The summed E-state index contributed by atoms with van der Waals surface area (Å²) in [5.74, 6) is 0. The minimum absolute atomic E-state index is 0.0671. The quantitative estimate of drug-likeness (QED) is 0.144. The number of anilines is 2. The molecule has 0 N–H and O–H groups in total. The Kier molecular flexibility index (Phi) is 12.0. The van der Waals surface area contributed by atoms with Gasteiger partial charge in [0.1, 0.15) is 0 Å². The summed E-state index contributed by atoms with van der Waals surface area (Å²) in [7, 11) is 0. The molecule has 0 spiro atoms. The van der Waals surface area contributed by atoms with E-state index in [9.17, 15) is 0 Å². The molecule has 11 aromatic carbocycles. The Balaban J connectivity index is 0.817. The van der Waals surface area contributed by atoms with Gasteiger partial charge in [0.2, 0.25) is 0 Å². The van der Waals surface area contributed by atoms with E-state index in [1.807, 2.05) is 0 Å². The maximum absolute atomic E-state index is 5.20. The topological polar surface area (TPSA) is 19.4 Å². The molecule has 16 rings (SSSR count). The summed E-state index contributed by atoms with van der Waals surface area (Å²) in [6.07, 6.45) is 6.98. The van der Waals surface area contributed by atoms with Crippen molar-refractivity contribution in [2.75, 3.05) is 22.9 Å². The SMILES string of the molecule is CC1(C)C=C2c3ccccc3-c3cc(-c4ccccc4-c4cc(-c5ccccc5-c5ccc(-c6cccc(-c7ccc(-c8ccccc8)cc7)c6)nc5)cc(-c5ccccc5-c5ccc6c(c5)-c5ccccc5C5=CC(C)(C)CN56)c4)ccc3N2C1. The lowest BCUT2D eigenvalue weighted by Gasteiger charge is -2.33.